The summed E-state index contributed by atoms with van der Waals surface area (Å²) in [5, 5.41) is 2.41. The molecule has 2 fully saturated rings. The van der Waals surface area contributed by atoms with Crippen LogP contribution < -0.4 is 10.2 Å². The SMILES string of the molecule is O=C(Nc1ccc(N2CCN(C(=O)OC3CCCC3)CC2)nc1)c1nc(-c2ccccc2)oc1C(F)(F)F. The summed E-state index contributed by atoms with van der Waals surface area (Å²) in [4.78, 5) is 36.9. The molecule has 1 saturated carbocycles. The average molecular weight is 530 g/mol. The lowest BCUT2D eigenvalue weighted by atomic mass is 10.2. The third-order valence-electron chi connectivity index (χ3n) is 6.56. The number of rotatable bonds is 5. The number of carbonyl (C=O) groups excluding carboxylic acids is 2. The number of benzene rings is 1. The summed E-state index contributed by atoms with van der Waals surface area (Å²) in [5.41, 5.74) is -0.342. The first-order valence-electron chi connectivity index (χ1n) is 12.4. The normalized spacial score (nSPS) is 16.5. The highest BCUT2D eigenvalue weighted by Gasteiger charge is 2.42. The molecule has 1 aromatic carbocycles. The van der Waals surface area contributed by atoms with Gasteiger partial charge >= 0.3 is 12.3 Å². The number of amides is 2. The van der Waals surface area contributed by atoms with Crippen molar-refractivity contribution >= 4 is 23.5 Å². The smallest absolute Gasteiger partial charge is 0.446 e. The van der Waals surface area contributed by atoms with Gasteiger partial charge in [-0.2, -0.15) is 13.2 Å². The van der Waals surface area contributed by atoms with Crippen molar-refractivity contribution in [2.24, 2.45) is 0 Å². The molecule has 200 valence electrons. The molecule has 0 atom stereocenters. The second-order valence-electron chi connectivity index (χ2n) is 9.18. The van der Waals surface area contributed by atoms with Crippen LogP contribution in [0.4, 0.5) is 29.5 Å². The number of halogens is 3. The molecule has 1 aliphatic carbocycles. The van der Waals surface area contributed by atoms with Gasteiger partial charge in [0.15, 0.2) is 5.69 Å². The van der Waals surface area contributed by atoms with Gasteiger partial charge in [0, 0.05) is 31.7 Å². The summed E-state index contributed by atoms with van der Waals surface area (Å²) in [6, 6.07) is 11.2. The molecule has 3 aromatic rings. The summed E-state index contributed by atoms with van der Waals surface area (Å²) in [7, 11) is 0. The van der Waals surface area contributed by atoms with Crippen LogP contribution in [-0.4, -0.2) is 59.2 Å². The number of anilines is 2. The Balaban J connectivity index is 1.21. The number of pyridine rings is 1. The highest BCUT2D eigenvalue weighted by atomic mass is 19.4. The molecule has 3 heterocycles. The predicted octanol–water partition coefficient (Wildman–Crippen LogP) is 5.21. The minimum Gasteiger partial charge on any atom is -0.446 e. The molecule has 5 rings (SSSR count). The number of alkyl halides is 3. The van der Waals surface area contributed by atoms with Crippen molar-refractivity contribution in [3.05, 3.63) is 60.1 Å². The number of hydrogen-bond acceptors (Lipinski definition) is 7. The Hall–Kier alpha value is -4.09. The molecule has 2 amide bonds. The van der Waals surface area contributed by atoms with Gasteiger partial charge in [0.2, 0.25) is 11.7 Å². The summed E-state index contributed by atoms with van der Waals surface area (Å²) in [5.74, 6) is -2.21. The molecular weight excluding hydrogens is 503 g/mol. The monoisotopic (exact) mass is 529 g/mol. The first-order valence-corrected chi connectivity index (χ1v) is 12.4. The maximum Gasteiger partial charge on any atom is 0.452 e. The second-order valence-corrected chi connectivity index (χ2v) is 9.18. The molecule has 1 N–H and O–H groups in total. The lowest BCUT2D eigenvalue weighted by molar-refractivity contribution is -0.153. The predicted molar refractivity (Wildman–Crippen MR) is 132 cm³/mol. The zero-order valence-electron chi connectivity index (χ0n) is 20.4. The van der Waals surface area contributed by atoms with E-state index in [0.717, 1.165) is 25.7 Å². The molecule has 12 heteroatoms. The molecule has 38 heavy (non-hydrogen) atoms. The van der Waals surface area contributed by atoms with Crippen LogP contribution in [0.3, 0.4) is 0 Å². The Morgan fingerprint density at radius 2 is 1.71 bits per heavy atom. The van der Waals surface area contributed by atoms with Crippen LogP contribution in [0.2, 0.25) is 0 Å². The molecular formula is C26H26F3N5O4. The number of piperazine rings is 1. The van der Waals surface area contributed by atoms with Gasteiger partial charge in [0.1, 0.15) is 11.9 Å². The highest BCUT2D eigenvalue weighted by Crippen LogP contribution is 2.35. The van der Waals surface area contributed by atoms with Crippen molar-refractivity contribution in [2.75, 3.05) is 36.4 Å². The maximum absolute atomic E-state index is 13.6. The van der Waals surface area contributed by atoms with Crippen LogP contribution in [0.15, 0.2) is 53.1 Å². The van der Waals surface area contributed by atoms with Gasteiger partial charge in [-0.05, 0) is 49.9 Å². The van der Waals surface area contributed by atoms with Crippen LogP contribution in [0.25, 0.3) is 11.5 Å². The van der Waals surface area contributed by atoms with Crippen LogP contribution in [0, 0.1) is 0 Å². The third kappa shape index (κ3) is 5.74. The summed E-state index contributed by atoms with van der Waals surface area (Å²) >= 11 is 0. The van der Waals surface area contributed by atoms with E-state index in [4.69, 9.17) is 9.15 Å². The van der Waals surface area contributed by atoms with Gasteiger partial charge in [-0.25, -0.2) is 14.8 Å². The number of ether oxygens (including phenoxy) is 1. The van der Waals surface area contributed by atoms with Crippen LogP contribution in [-0.2, 0) is 10.9 Å². The molecule has 0 spiro atoms. The number of nitrogens with one attached hydrogen (secondary N) is 1. The maximum atomic E-state index is 13.6. The Kier molecular flexibility index (Phi) is 7.21. The fourth-order valence-corrected chi connectivity index (χ4v) is 4.55. The van der Waals surface area contributed by atoms with E-state index >= 15 is 0 Å². The third-order valence-corrected chi connectivity index (χ3v) is 6.56. The average Bonchev–Trinajstić information content (AvgIpc) is 3.60. The molecule has 2 aromatic heterocycles. The quantitative estimate of drug-likeness (QED) is 0.484. The van der Waals surface area contributed by atoms with Crippen molar-refractivity contribution in [3.8, 4) is 11.5 Å². The van der Waals surface area contributed by atoms with E-state index in [2.05, 4.69) is 15.3 Å². The first-order chi connectivity index (χ1) is 18.3. The zero-order chi connectivity index (χ0) is 26.7. The minimum absolute atomic E-state index is 0.0133. The second kappa shape index (κ2) is 10.7. The molecule has 9 nitrogen and oxygen atoms in total. The Bertz CT molecular complexity index is 1270. The van der Waals surface area contributed by atoms with Crippen molar-refractivity contribution in [1.82, 2.24) is 14.9 Å². The van der Waals surface area contributed by atoms with Crippen molar-refractivity contribution < 1.29 is 31.9 Å². The molecule has 1 aliphatic heterocycles. The van der Waals surface area contributed by atoms with E-state index in [9.17, 15) is 22.8 Å². The largest absolute Gasteiger partial charge is 0.452 e. The fraction of sp³-hybridized carbons (Fsp3) is 0.385. The lowest BCUT2D eigenvalue weighted by Gasteiger charge is -2.35. The summed E-state index contributed by atoms with van der Waals surface area (Å²) in [6.45, 7) is 2.08. The van der Waals surface area contributed by atoms with Gasteiger partial charge < -0.3 is 24.3 Å². The van der Waals surface area contributed by atoms with Crippen LogP contribution >= 0.6 is 0 Å². The topological polar surface area (TPSA) is 101 Å². The summed E-state index contributed by atoms with van der Waals surface area (Å²) < 4.78 is 51.1. The van der Waals surface area contributed by atoms with Gasteiger partial charge in [0.05, 0.1) is 11.9 Å². The molecule has 0 radical (unpaired) electrons. The Labute approximate surface area is 216 Å². The van der Waals surface area contributed by atoms with Crippen molar-refractivity contribution in [3.63, 3.8) is 0 Å². The molecule has 0 unspecified atom stereocenters. The van der Waals surface area contributed by atoms with E-state index in [-0.39, 0.29) is 23.8 Å². The van der Waals surface area contributed by atoms with Gasteiger partial charge in [-0.1, -0.05) is 18.2 Å². The fourth-order valence-electron chi connectivity index (χ4n) is 4.55. The number of oxazole rings is 1. The Morgan fingerprint density at radius 1 is 1.00 bits per heavy atom. The van der Waals surface area contributed by atoms with E-state index < -0.39 is 23.5 Å². The molecule has 2 aliphatic rings. The number of nitrogens with zero attached hydrogens (tertiary/aromatic N) is 4. The van der Waals surface area contributed by atoms with E-state index in [1.54, 1.807) is 35.2 Å². The molecule has 0 bridgehead atoms. The van der Waals surface area contributed by atoms with E-state index in [1.165, 1.54) is 18.3 Å². The first kappa shape index (κ1) is 25.6. The van der Waals surface area contributed by atoms with Gasteiger partial charge in [0.25, 0.3) is 5.91 Å². The van der Waals surface area contributed by atoms with Gasteiger partial charge in [-0.3, -0.25) is 4.79 Å². The standard InChI is InChI=1S/C26H26F3N5O4/c27-26(28,29)22-21(32-24(38-22)17-6-2-1-3-7-17)23(35)31-18-10-11-20(30-16-18)33-12-14-34(15-13-33)25(36)37-19-8-4-5-9-19/h1-3,6-7,10-11,16,19H,4-5,8-9,12-15H2,(H,31,35). The van der Waals surface area contributed by atoms with Crippen LogP contribution in [0.1, 0.15) is 41.9 Å². The lowest BCUT2D eigenvalue weighted by Crippen LogP contribution is -2.49. The van der Waals surface area contributed by atoms with E-state index in [0.29, 0.717) is 37.6 Å². The van der Waals surface area contributed by atoms with E-state index in [1.807, 2.05) is 4.90 Å². The minimum atomic E-state index is -4.90. The number of hydrogen-bond donors (Lipinski definition) is 1. The number of aromatic nitrogens is 2. The zero-order valence-corrected chi connectivity index (χ0v) is 20.4. The van der Waals surface area contributed by atoms with Gasteiger partial charge in [-0.15, -0.1) is 0 Å². The van der Waals surface area contributed by atoms with Crippen molar-refractivity contribution in [2.45, 2.75) is 38.0 Å². The number of carbonyl (C=O) groups is 2. The summed E-state index contributed by atoms with van der Waals surface area (Å²) in [6.07, 6.45) is 0.195. The highest BCUT2D eigenvalue weighted by molar-refractivity contribution is 6.04. The van der Waals surface area contributed by atoms with Crippen LogP contribution in [0.5, 0.6) is 0 Å². The van der Waals surface area contributed by atoms with Crippen molar-refractivity contribution in [1.29, 1.82) is 0 Å². The Morgan fingerprint density at radius 3 is 2.34 bits per heavy atom. The molecule has 1 saturated heterocycles.